The molecule has 0 spiro atoms. The number of rotatable bonds is 6. The van der Waals surface area contributed by atoms with Gasteiger partial charge in [-0.15, -0.1) is 0 Å². The summed E-state index contributed by atoms with van der Waals surface area (Å²) < 4.78 is 6.18. The van der Waals surface area contributed by atoms with E-state index < -0.39 is 0 Å². The van der Waals surface area contributed by atoms with Crippen LogP contribution in [0.15, 0.2) is 55.5 Å². The highest BCUT2D eigenvalue weighted by molar-refractivity contribution is 5.87. The molecule has 0 unspecified atom stereocenters. The standard InChI is InChI=1S/C20H23N3O2/c1-3-20(24)23-12-17(10-18-11-21-7-8-22-18)19(13-23)25-14-16-6-4-5-15(2)9-16/h3-9,11,17,19H,1,10,12-14H2,2H3/t17-,19-/m1/s1. The SMILES string of the molecule is C=CC(=O)N1C[C@@H](Cc2cnccn2)[C@H](OCc2cccc(C)c2)C1. The molecule has 1 saturated heterocycles. The molecule has 1 aromatic carbocycles. The lowest BCUT2D eigenvalue weighted by Crippen LogP contribution is -2.28. The summed E-state index contributed by atoms with van der Waals surface area (Å²) in [4.78, 5) is 22.3. The number of aryl methyl sites for hydroxylation is 1. The molecule has 0 aliphatic carbocycles. The summed E-state index contributed by atoms with van der Waals surface area (Å²) in [6, 6.07) is 8.29. The highest BCUT2D eigenvalue weighted by Crippen LogP contribution is 2.24. The van der Waals surface area contributed by atoms with Crippen molar-refractivity contribution in [3.05, 3.63) is 72.3 Å². The molecular weight excluding hydrogens is 314 g/mol. The van der Waals surface area contributed by atoms with E-state index in [1.807, 2.05) is 6.07 Å². The van der Waals surface area contributed by atoms with E-state index in [1.165, 1.54) is 11.6 Å². The third kappa shape index (κ3) is 4.51. The molecule has 0 N–H and O–H groups in total. The summed E-state index contributed by atoms with van der Waals surface area (Å²) >= 11 is 0. The van der Waals surface area contributed by atoms with Crippen LogP contribution in [0.1, 0.15) is 16.8 Å². The van der Waals surface area contributed by atoms with Gasteiger partial charge in [0.2, 0.25) is 5.91 Å². The average Bonchev–Trinajstić information content (AvgIpc) is 3.03. The van der Waals surface area contributed by atoms with Crippen molar-refractivity contribution in [2.45, 2.75) is 26.1 Å². The van der Waals surface area contributed by atoms with Gasteiger partial charge < -0.3 is 9.64 Å². The average molecular weight is 337 g/mol. The summed E-state index contributed by atoms with van der Waals surface area (Å²) in [6.45, 7) is 7.44. The lowest BCUT2D eigenvalue weighted by molar-refractivity contribution is -0.125. The van der Waals surface area contributed by atoms with Crippen LogP contribution in [0.2, 0.25) is 0 Å². The first-order valence-corrected chi connectivity index (χ1v) is 8.49. The van der Waals surface area contributed by atoms with E-state index in [1.54, 1.807) is 23.5 Å². The normalized spacial score (nSPS) is 19.8. The minimum atomic E-state index is -0.0502. The molecule has 1 aliphatic rings. The van der Waals surface area contributed by atoms with Gasteiger partial charge in [0.1, 0.15) is 0 Å². The number of ether oxygens (including phenoxy) is 1. The molecule has 0 radical (unpaired) electrons. The molecule has 25 heavy (non-hydrogen) atoms. The number of carbonyl (C=O) groups excluding carboxylic acids is 1. The number of hydrogen-bond acceptors (Lipinski definition) is 4. The van der Waals surface area contributed by atoms with E-state index in [2.05, 4.69) is 41.7 Å². The minimum Gasteiger partial charge on any atom is -0.371 e. The molecule has 1 aliphatic heterocycles. The molecule has 0 saturated carbocycles. The second kappa shape index (κ2) is 8.03. The molecule has 5 heteroatoms. The van der Waals surface area contributed by atoms with Crippen LogP contribution in [0.3, 0.4) is 0 Å². The molecular formula is C20H23N3O2. The Hall–Kier alpha value is -2.53. The van der Waals surface area contributed by atoms with Crippen molar-refractivity contribution in [3.63, 3.8) is 0 Å². The predicted molar refractivity (Wildman–Crippen MR) is 95.8 cm³/mol. The summed E-state index contributed by atoms with van der Waals surface area (Å²) in [5.41, 5.74) is 3.28. The van der Waals surface area contributed by atoms with Gasteiger partial charge in [-0.3, -0.25) is 14.8 Å². The topological polar surface area (TPSA) is 55.3 Å². The fourth-order valence-corrected chi connectivity index (χ4v) is 3.24. The first-order valence-electron chi connectivity index (χ1n) is 8.49. The largest absolute Gasteiger partial charge is 0.371 e. The molecule has 2 aromatic rings. The van der Waals surface area contributed by atoms with Crippen LogP contribution < -0.4 is 0 Å². The maximum Gasteiger partial charge on any atom is 0.246 e. The van der Waals surface area contributed by atoms with Crippen molar-refractivity contribution in [3.8, 4) is 0 Å². The summed E-state index contributed by atoms with van der Waals surface area (Å²) in [5.74, 6) is 0.149. The monoisotopic (exact) mass is 337 g/mol. The van der Waals surface area contributed by atoms with Gasteiger partial charge in [-0.05, 0) is 25.0 Å². The number of amides is 1. The summed E-state index contributed by atoms with van der Waals surface area (Å²) in [7, 11) is 0. The fourth-order valence-electron chi connectivity index (χ4n) is 3.24. The maximum absolute atomic E-state index is 12.0. The van der Waals surface area contributed by atoms with Crippen molar-refractivity contribution in [1.82, 2.24) is 14.9 Å². The van der Waals surface area contributed by atoms with Crippen molar-refractivity contribution in [2.24, 2.45) is 5.92 Å². The first-order chi connectivity index (χ1) is 12.2. The highest BCUT2D eigenvalue weighted by Gasteiger charge is 2.35. The molecule has 0 bridgehead atoms. The fraction of sp³-hybridized carbons (Fsp3) is 0.350. The van der Waals surface area contributed by atoms with Crippen LogP contribution in [-0.4, -0.2) is 40.0 Å². The number of aromatic nitrogens is 2. The van der Waals surface area contributed by atoms with Crippen molar-refractivity contribution < 1.29 is 9.53 Å². The zero-order valence-corrected chi connectivity index (χ0v) is 14.5. The number of nitrogens with zero attached hydrogens (tertiary/aromatic N) is 3. The Kier molecular flexibility index (Phi) is 5.56. The highest BCUT2D eigenvalue weighted by atomic mass is 16.5. The Morgan fingerprint density at radius 2 is 2.28 bits per heavy atom. The Bertz CT molecular complexity index is 733. The van der Waals surface area contributed by atoms with Crippen LogP contribution in [0.4, 0.5) is 0 Å². The third-order valence-corrected chi connectivity index (χ3v) is 4.50. The van der Waals surface area contributed by atoms with Gasteiger partial charge in [0.25, 0.3) is 0 Å². The van der Waals surface area contributed by atoms with Crippen LogP contribution in [0.5, 0.6) is 0 Å². The van der Waals surface area contributed by atoms with E-state index >= 15 is 0 Å². The van der Waals surface area contributed by atoms with Gasteiger partial charge in [0.15, 0.2) is 0 Å². The van der Waals surface area contributed by atoms with Crippen LogP contribution >= 0.6 is 0 Å². The molecule has 5 nitrogen and oxygen atoms in total. The van der Waals surface area contributed by atoms with Crippen molar-refractivity contribution in [1.29, 1.82) is 0 Å². The van der Waals surface area contributed by atoms with Crippen LogP contribution in [0.25, 0.3) is 0 Å². The molecule has 1 aromatic heterocycles. The van der Waals surface area contributed by atoms with Gasteiger partial charge >= 0.3 is 0 Å². The van der Waals surface area contributed by atoms with Crippen LogP contribution in [0, 0.1) is 12.8 Å². The van der Waals surface area contributed by atoms with E-state index in [4.69, 9.17) is 4.74 Å². The number of hydrogen-bond donors (Lipinski definition) is 0. The van der Waals surface area contributed by atoms with Gasteiger partial charge in [-0.1, -0.05) is 36.4 Å². The molecule has 2 atom stereocenters. The van der Waals surface area contributed by atoms with Gasteiger partial charge in [0, 0.05) is 37.6 Å². The zero-order chi connectivity index (χ0) is 17.6. The Labute approximate surface area is 148 Å². The lowest BCUT2D eigenvalue weighted by atomic mass is 10.00. The van der Waals surface area contributed by atoms with Gasteiger partial charge in [-0.2, -0.15) is 0 Å². The first kappa shape index (κ1) is 17.3. The molecule has 130 valence electrons. The molecule has 2 heterocycles. The number of likely N-dealkylation sites (tertiary alicyclic amines) is 1. The minimum absolute atomic E-state index is 0.0218. The number of carbonyl (C=O) groups is 1. The summed E-state index contributed by atoms with van der Waals surface area (Å²) in [5, 5.41) is 0. The lowest BCUT2D eigenvalue weighted by Gasteiger charge is -2.18. The maximum atomic E-state index is 12.0. The smallest absolute Gasteiger partial charge is 0.246 e. The van der Waals surface area contributed by atoms with Crippen molar-refractivity contribution in [2.75, 3.05) is 13.1 Å². The summed E-state index contributed by atoms with van der Waals surface area (Å²) in [6.07, 6.45) is 7.22. The van der Waals surface area contributed by atoms with E-state index in [0.29, 0.717) is 19.7 Å². The molecule has 1 fully saturated rings. The third-order valence-electron chi connectivity index (χ3n) is 4.50. The molecule has 1 amide bonds. The van der Waals surface area contributed by atoms with E-state index in [-0.39, 0.29) is 17.9 Å². The van der Waals surface area contributed by atoms with Gasteiger partial charge in [-0.25, -0.2) is 0 Å². The Morgan fingerprint density at radius 3 is 3.00 bits per heavy atom. The molecule has 3 rings (SSSR count). The van der Waals surface area contributed by atoms with E-state index in [0.717, 1.165) is 17.7 Å². The van der Waals surface area contributed by atoms with Gasteiger partial charge in [0.05, 0.1) is 18.4 Å². The Morgan fingerprint density at radius 1 is 1.40 bits per heavy atom. The predicted octanol–water partition coefficient (Wildman–Crippen LogP) is 2.56. The van der Waals surface area contributed by atoms with Crippen molar-refractivity contribution >= 4 is 5.91 Å². The zero-order valence-electron chi connectivity index (χ0n) is 14.5. The van der Waals surface area contributed by atoms with Crippen LogP contribution in [-0.2, 0) is 22.6 Å². The second-order valence-corrected chi connectivity index (χ2v) is 6.45. The number of benzene rings is 1. The second-order valence-electron chi connectivity index (χ2n) is 6.45. The Balaban J connectivity index is 1.68. The van der Waals surface area contributed by atoms with E-state index in [9.17, 15) is 4.79 Å². The quantitative estimate of drug-likeness (QED) is 0.760.